The summed E-state index contributed by atoms with van der Waals surface area (Å²) in [5.41, 5.74) is 2.47. The second-order valence-electron chi connectivity index (χ2n) is 12.0. The van der Waals surface area contributed by atoms with Crippen molar-refractivity contribution in [3.63, 3.8) is 0 Å². The highest BCUT2D eigenvalue weighted by molar-refractivity contribution is 6.43. The lowest BCUT2D eigenvalue weighted by Crippen LogP contribution is -2.56. The zero-order chi connectivity index (χ0) is 34.3. The minimum atomic E-state index is -0.876. The number of benzene rings is 3. The van der Waals surface area contributed by atoms with E-state index in [4.69, 9.17) is 14.2 Å². The number of amides is 3. The molecule has 0 saturated heterocycles. The van der Waals surface area contributed by atoms with Crippen LogP contribution in [0.1, 0.15) is 60.0 Å². The number of aryl methyl sites for hydroxylation is 2. The van der Waals surface area contributed by atoms with Gasteiger partial charge in [-0.3, -0.25) is 19.2 Å². The fraction of sp³-hybridized carbons (Fsp3) is 0.421. The van der Waals surface area contributed by atoms with Crippen LogP contribution in [0.15, 0.2) is 72.8 Å². The minimum absolute atomic E-state index is 0.0462. The van der Waals surface area contributed by atoms with Crippen molar-refractivity contribution in [3.8, 4) is 17.2 Å². The molecule has 3 aromatic carbocycles. The summed E-state index contributed by atoms with van der Waals surface area (Å²) < 4.78 is 16.0. The van der Waals surface area contributed by atoms with Gasteiger partial charge in [0, 0.05) is 24.7 Å². The van der Waals surface area contributed by atoms with E-state index in [2.05, 4.69) is 40.2 Å². The molecule has 3 N–H and O–H groups in total. The molecule has 1 saturated carbocycles. The highest BCUT2D eigenvalue weighted by Gasteiger charge is 2.43. The molecule has 0 bridgehead atoms. The molecule has 3 atom stereocenters. The molecule has 10 heteroatoms. The molecule has 48 heavy (non-hydrogen) atoms. The van der Waals surface area contributed by atoms with Gasteiger partial charge in [0.1, 0.15) is 0 Å². The summed E-state index contributed by atoms with van der Waals surface area (Å²) in [6.07, 6.45) is 5.71. The predicted octanol–water partition coefficient (Wildman–Crippen LogP) is 4.68. The van der Waals surface area contributed by atoms with Crippen molar-refractivity contribution in [1.82, 2.24) is 16.0 Å². The Labute approximate surface area is 282 Å². The van der Waals surface area contributed by atoms with Gasteiger partial charge in [-0.25, -0.2) is 0 Å². The number of carbonyl (C=O) groups is 4. The molecule has 0 unspecified atom stereocenters. The van der Waals surface area contributed by atoms with Crippen LogP contribution in [0.3, 0.4) is 0 Å². The van der Waals surface area contributed by atoms with Crippen molar-refractivity contribution < 1.29 is 33.4 Å². The molecule has 1 aliphatic rings. The molecule has 3 amide bonds. The molecule has 0 spiro atoms. The first-order valence-electron chi connectivity index (χ1n) is 16.6. The maximum atomic E-state index is 13.8. The average Bonchev–Trinajstić information content (AvgIpc) is 3.12. The molecule has 4 rings (SSSR count). The van der Waals surface area contributed by atoms with Gasteiger partial charge >= 0.3 is 0 Å². The number of nitrogens with one attached hydrogen (secondary N) is 3. The monoisotopic (exact) mass is 657 g/mol. The van der Waals surface area contributed by atoms with Crippen molar-refractivity contribution in [2.24, 2.45) is 11.8 Å². The van der Waals surface area contributed by atoms with E-state index in [0.29, 0.717) is 38.1 Å². The third-order valence-electron chi connectivity index (χ3n) is 8.80. The Bertz CT molecular complexity index is 1490. The Morgan fingerprint density at radius 1 is 0.688 bits per heavy atom. The number of unbranched alkanes of at least 4 members (excludes halogenated alkanes) is 1. The van der Waals surface area contributed by atoms with Crippen LogP contribution in [0.25, 0.3) is 0 Å². The number of rotatable bonds is 17. The van der Waals surface area contributed by atoms with E-state index >= 15 is 0 Å². The van der Waals surface area contributed by atoms with E-state index in [0.717, 1.165) is 32.1 Å². The van der Waals surface area contributed by atoms with Gasteiger partial charge in [0.15, 0.2) is 11.5 Å². The number of carbonyl (C=O) groups excluding carboxylic acids is 4. The van der Waals surface area contributed by atoms with Gasteiger partial charge in [0.2, 0.25) is 23.3 Å². The van der Waals surface area contributed by atoms with Gasteiger partial charge in [0.25, 0.3) is 5.91 Å². The first-order chi connectivity index (χ1) is 23.4. The zero-order valence-corrected chi connectivity index (χ0v) is 28.1. The molecule has 3 aromatic rings. The maximum absolute atomic E-state index is 13.8. The van der Waals surface area contributed by atoms with Gasteiger partial charge in [0.05, 0.1) is 33.2 Å². The lowest BCUT2D eigenvalue weighted by atomic mass is 9.74. The Morgan fingerprint density at radius 3 is 1.83 bits per heavy atom. The first-order valence-corrected chi connectivity index (χ1v) is 16.6. The maximum Gasteiger partial charge on any atom is 0.292 e. The third-order valence-corrected chi connectivity index (χ3v) is 8.80. The highest BCUT2D eigenvalue weighted by atomic mass is 16.5. The van der Waals surface area contributed by atoms with Gasteiger partial charge in [-0.15, -0.1) is 0 Å². The third kappa shape index (κ3) is 9.82. The van der Waals surface area contributed by atoms with Gasteiger partial charge in [-0.2, -0.15) is 0 Å². The summed E-state index contributed by atoms with van der Waals surface area (Å²) >= 11 is 0. The fourth-order valence-corrected chi connectivity index (χ4v) is 6.30. The van der Waals surface area contributed by atoms with E-state index in [1.807, 2.05) is 36.4 Å². The fourth-order valence-electron chi connectivity index (χ4n) is 6.30. The van der Waals surface area contributed by atoms with Crippen molar-refractivity contribution in [3.05, 3.63) is 89.5 Å². The molecule has 0 aliphatic heterocycles. The number of hydrogen-bond donors (Lipinski definition) is 3. The van der Waals surface area contributed by atoms with E-state index in [9.17, 15) is 19.2 Å². The number of ketones is 1. The topological polar surface area (TPSA) is 132 Å². The summed E-state index contributed by atoms with van der Waals surface area (Å²) in [6, 6.07) is 22.3. The summed E-state index contributed by atoms with van der Waals surface area (Å²) in [4.78, 5) is 54.0. The SMILES string of the molecule is COc1cc(C(=O)C(=O)N[C@@H]2CCC[C@@H](C(=O)NCCCc3ccccc3)[C@H]2C(=O)NCCCCc2ccccc2)cc(OC)c1OC. The standard InChI is InChI=1S/C38H47N3O7/c1-46-31-24-28(25-32(47-2)35(31)48-3)34(42)38(45)41-30-21-12-20-29(36(43)39-23-13-19-27-16-8-5-9-17-27)33(30)37(44)40-22-11-10-18-26-14-6-4-7-15-26/h4-9,14-17,24-25,29-30,33H,10-13,18-23H2,1-3H3,(H,39,43)(H,40,44)(H,41,45)/t29-,30-,33-/m1/s1. The van der Waals surface area contributed by atoms with Crippen LogP contribution in [0.2, 0.25) is 0 Å². The second kappa shape index (κ2) is 18.5. The molecule has 256 valence electrons. The Hall–Kier alpha value is -4.86. The zero-order valence-electron chi connectivity index (χ0n) is 28.1. The number of methoxy groups -OCH3 is 3. The van der Waals surface area contributed by atoms with Gasteiger partial charge in [-0.1, -0.05) is 67.1 Å². The van der Waals surface area contributed by atoms with Crippen molar-refractivity contribution >= 4 is 23.5 Å². The van der Waals surface area contributed by atoms with Crippen LogP contribution in [-0.2, 0) is 27.2 Å². The van der Waals surface area contributed by atoms with Crippen LogP contribution in [-0.4, -0.2) is 64.0 Å². The van der Waals surface area contributed by atoms with Crippen molar-refractivity contribution in [2.75, 3.05) is 34.4 Å². The first kappa shape index (κ1) is 36.0. The largest absolute Gasteiger partial charge is 0.493 e. The predicted molar refractivity (Wildman–Crippen MR) is 183 cm³/mol. The Morgan fingerprint density at radius 2 is 1.25 bits per heavy atom. The quantitative estimate of drug-likeness (QED) is 0.109. The van der Waals surface area contributed by atoms with Crippen LogP contribution in [0, 0.1) is 11.8 Å². The number of hydrogen-bond acceptors (Lipinski definition) is 7. The number of ether oxygens (including phenoxy) is 3. The molecular formula is C38H47N3O7. The van der Waals surface area contributed by atoms with E-state index in [1.165, 1.54) is 44.6 Å². The summed E-state index contributed by atoms with van der Waals surface area (Å²) in [5, 5.41) is 8.85. The average molecular weight is 658 g/mol. The van der Waals surface area contributed by atoms with Crippen LogP contribution in [0.5, 0.6) is 17.2 Å². The lowest BCUT2D eigenvalue weighted by Gasteiger charge is -2.36. The van der Waals surface area contributed by atoms with Crippen LogP contribution >= 0.6 is 0 Å². The van der Waals surface area contributed by atoms with E-state index < -0.39 is 29.6 Å². The molecule has 0 heterocycles. The molecule has 0 radical (unpaired) electrons. The van der Waals surface area contributed by atoms with E-state index in [-0.39, 0.29) is 28.9 Å². The van der Waals surface area contributed by atoms with Crippen molar-refractivity contribution in [2.45, 2.75) is 57.4 Å². The number of Topliss-reactive ketones (excluding diaryl/α,β-unsaturated/α-hetero) is 1. The smallest absolute Gasteiger partial charge is 0.292 e. The molecule has 1 aliphatic carbocycles. The molecular weight excluding hydrogens is 610 g/mol. The Balaban J connectivity index is 1.44. The minimum Gasteiger partial charge on any atom is -0.493 e. The normalized spacial score (nSPS) is 17.1. The van der Waals surface area contributed by atoms with E-state index in [1.54, 1.807) is 0 Å². The lowest BCUT2D eigenvalue weighted by molar-refractivity contribution is -0.138. The summed E-state index contributed by atoms with van der Waals surface area (Å²) in [7, 11) is 4.29. The molecule has 0 aromatic heterocycles. The Kier molecular flexibility index (Phi) is 13.8. The van der Waals surface area contributed by atoms with Gasteiger partial charge < -0.3 is 30.2 Å². The molecule has 10 nitrogen and oxygen atoms in total. The van der Waals surface area contributed by atoms with Gasteiger partial charge in [-0.05, 0) is 68.2 Å². The summed E-state index contributed by atoms with van der Waals surface area (Å²) in [6.45, 7) is 0.910. The summed E-state index contributed by atoms with van der Waals surface area (Å²) in [5.74, 6) is -2.94. The highest BCUT2D eigenvalue weighted by Crippen LogP contribution is 2.38. The second-order valence-corrected chi connectivity index (χ2v) is 12.0. The molecule has 1 fully saturated rings. The van der Waals surface area contributed by atoms with Crippen molar-refractivity contribution in [1.29, 1.82) is 0 Å². The van der Waals surface area contributed by atoms with Crippen LogP contribution in [0.4, 0.5) is 0 Å². The van der Waals surface area contributed by atoms with Crippen LogP contribution < -0.4 is 30.2 Å².